The van der Waals surface area contributed by atoms with E-state index in [9.17, 15) is 4.79 Å². The van der Waals surface area contributed by atoms with Crippen LogP contribution in [0.3, 0.4) is 0 Å². The van der Waals surface area contributed by atoms with Crippen LogP contribution in [0.5, 0.6) is 0 Å². The van der Waals surface area contributed by atoms with Crippen molar-refractivity contribution in [1.82, 2.24) is 0 Å². The molecule has 2 heteroatoms. The van der Waals surface area contributed by atoms with Gasteiger partial charge in [0.25, 0.3) is 0 Å². The summed E-state index contributed by atoms with van der Waals surface area (Å²) in [5.74, 6) is -0.239. The van der Waals surface area contributed by atoms with E-state index in [0.29, 0.717) is 0 Å². The number of benzene rings is 2. The molecule has 0 aliphatic heterocycles. The molecular weight excluding hydrogens is 244 g/mol. The van der Waals surface area contributed by atoms with E-state index in [2.05, 4.69) is 0 Å². The van der Waals surface area contributed by atoms with Crippen LogP contribution >= 0.6 is 11.6 Å². The SMILES string of the molecule is O=C(Cl)C1C(c2ccccc2)=C1c1ccccc1. The van der Waals surface area contributed by atoms with Gasteiger partial charge in [-0.25, -0.2) is 0 Å². The van der Waals surface area contributed by atoms with Gasteiger partial charge in [-0.2, -0.15) is 0 Å². The maximum atomic E-state index is 11.5. The van der Waals surface area contributed by atoms with Gasteiger partial charge in [-0.15, -0.1) is 0 Å². The largest absolute Gasteiger partial charge is 0.280 e. The van der Waals surface area contributed by atoms with Crippen LogP contribution in [-0.4, -0.2) is 5.24 Å². The number of allylic oxidation sites excluding steroid dienone is 2. The van der Waals surface area contributed by atoms with E-state index < -0.39 is 0 Å². The maximum Gasteiger partial charge on any atom is 0.233 e. The van der Waals surface area contributed by atoms with E-state index in [1.54, 1.807) is 0 Å². The molecule has 0 spiro atoms. The number of carbonyl (C=O) groups excluding carboxylic acids is 1. The van der Waals surface area contributed by atoms with Gasteiger partial charge in [0.15, 0.2) is 0 Å². The van der Waals surface area contributed by atoms with Gasteiger partial charge in [0.1, 0.15) is 0 Å². The van der Waals surface area contributed by atoms with Crippen molar-refractivity contribution in [3.63, 3.8) is 0 Å². The van der Waals surface area contributed by atoms with Crippen molar-refractivity contribution in [2.24, 2.45) is 5.92 Å². The Bertz CT molecular complexity index is 565. The first-order valence-electron chi connectivity index (χ1n) is 5.83. The van der Waals surface area contributed by atoms with E-state index in [4.69, 9.17) is 11.6 Å². The molecule has 18 heavy (non-hydrogen) atoms. The summed E-state index contributed by atoms with van der Waals surface area (Å²) in [4.78, 5) is 11.5. The number of rotatable bonds is 3. The molecule has 1 aliphatic rings. The Morgan fingerprint density at radius 3 is 1.50 bits per heavy atom. The topological polar surface area (TPSA) is 17.1 Å². The number of hydrogen-bond acceptors (Lipinski definition) is 1. The summed E-state index contributed by atoms with van der Waals surface area (Å²) < 4.78 is 0. The second-order valence-corrected chi connectivity index (χ2v) is 4.67. The Labute approximate surface area is 111 Å². The number of hydrogen-bond donors (Lipinski definition) is 0. The van der Waals surface area contributed by atoms with Crippen LogP contribution in [0.25, 0.3) is 11.1 Å². The minimum absolute atomic E-state index is 0.239. The van der Waals surface area contributed by atoms with Crippen molar-refractivity contribution in [3.05, 3.63) is 71.8 Å². The van der Waals surface area contributed by atoms with Crippen LogP contribution < -0.4 is 0 Å². The highest BCUT2D eigenvalue weighted by Crippen LogP contribution is 2.53. The lowest BCUT2D eigenvalue weighted by atomic mass is 10.1. The zero-order chi connectivity index (χ0) is 12.5. The predicted molar refractivity (Wildman–Crippen MR) is 74.0 cm³/mol. The Morgan fingerprint density at radius 2 is 1.17 bits per heavy atom. The number of halogens is 1. The molecule has 0 unspecified atom stereocenters. The van der Waals surface area contributed by atoms with Crippen LogP contribution in [-0.2, 0) is 4.79 Å². The van der Waals surface area contributed by atoms with Gasteiger partial charge in [0.05, 0.1) is 5.92 Å². The summed E-state index contributed by atoms with van der Waals surface area (Å²) in [6, 6.07) is 19.9. The fraction of sp³-hybridized carbons (Fsp3) is 0.0625. The Kier molecular flexibility index (Phi) is 2.77. The van der Waals surface area contributed by atoms with E-state index in [1.165, 1.54) is 0 Å². The average Bonchev–Trinajstić information content (AvgIpc) is 3.16. The van der Waals surface area contributed by atoms with Crippen molar-refractivity contribution >= 4 is 28.0 Å². The average molecular weight is 255 g/mol. The molecule has 88 valence electrons. The highest BCUT2D eigenvalue weighted by atomic mass is 35.5. The van der Waals surface area contributed by atoms with Crippen molar-refractivity contribution in [2.45, 2.75) is 0 Å². The summed E-state index contributed by atoms with van der Waals surface area (Å²) in [5.41, 5.74) is 4.27. The lowest BCUT2D eigenvalue weighted by molar-refractivity contribution is -0.111. The molecule has 0 N–H and O–H groups in total. The molecule has 2 aromatic carbocycles. The van der Waals surface area contributed by atoms with Crippen LogP contribution in [0.4, 0.5) is 0 Å². The standard InChI is InChI=1S/C16H11ClO/c17-16(18)15-13(11-7-3-1-4-8-11)14(15)12-9-5-2-6-10-12/h1-10,15H. The monoisotopic (exact) mass is 254 g/mol. The van der Waals surface area contributed by atoms with Gasteiger partial charge in [-0.05, 0) is 33.9 Å². The smallest absolute Gasteiger partial charge is 0.233 e. The first-order valence-corrected chi connectivity index (χ1v) is 6.21. The highest BCUT2D eigenvalue weighted by molar-refractivity contribution is 6.68. The highest BCUT2D eigenvalue weighted by Gasteiger charge is 2.42. The molecule has 0 fully saturated rings. The van der Waals surface area contributed by atoms with Crippen LogP contribution in [0.1, 0.15) is 11.1 Å². The molecule has 3 rings (SSSR count). The summed E-state index contributed by atoms with van der Waals surface area (Å²) in [6.45, 7) is 0. The van der Waals surface area contributed by atoms with Gasteiger partial charge in [-0.1, -0.05) is 60.7 Å². The molecule has 0 heterocycles. The summed E-state index contributed by atoms with van der Waals surface area (Å²) >= 11 is 5.68. The lowest BCUT2D eigenvalue weighted by Crippen LogP contribution is -1.94. The van der Waals surface area contributed by atoms with Gasteiger partial charge in [0.2, 0.25) is 5.24 Å². The van der Waals surface area contributed by atoms with Gasteiger partial charge in [0, 0.05) is 0 Å². The molecular formula is C16H11ClO. The van der Waals surface area contributed by atoms with Crippen LogP contribution in [0.15, 0.2) is 60.7 Å². The van der Waals surface area contributed by atoms with Gasteiger partial charge >= 0.3 is 0 Å². The van der Waals surface area contributed by atoms with Gasteiger partial charge in [-0.3, -0.25) is 4.79 Å². The lowest BCUT2D eigenvalue weighted by Gasteiger charge is -1.95. The van der Waals surface area contributed by atoms with Crippen molar-refractivity contribution in [3.8, 4) is 0 Å². The van der Waals surface area contributed by atoms with Crippen molar-refractivity contribution in [2.75, 3.05) is 0 Å². The van der Waals surface area contributed by atoms with E-state index in [1.807, 2.05) is 60.7 Å². The molecule has 0 aromatic heterocycles. The third-order valence-corrected chi connectivity index (χ3v) is 3.40. The molecule has 0 amide bonds. The molecule has 1 aliphatic carbocycles. The summed E-state index contributed by atoms with van der Waals surface area (Å²) in [7, 11) is 0. The zero-order valence-electron chi connectivity index (χ0n) is 9.64. The molecule has 1 nitrogen and oxygen atoms in total. The maximum absolute atomic E-state index is 11.5. The molecule has 0 atom stereocenters. The third-order valence-electron chi connectivity index (χ3n) is 3.18. The van der Waals surface area contributed by atoms with Crippen molar-refractivity contribution in [1.29, 1.82) is 0 Å². The van der Waals surface area contributed by atoms with E-state index in [-0.39, 0.29) is 11.2 Å². The Hall–Kier alpha value is -1.86. The Balaban J connectivity index is 2.05. The summed E-state index contributed by atoms with van der Waals surface area (Å²) in [5, 5.41) is -0.298. The van der Waals surface area contributed by atoms with Crippen LogP contribution in [0.2, 0.25) is 0 Å². The molecule has 0 radical (unpaired) electrons. The van der Waals surface area contributed by atoms with Crippen LogP contribution in [0, 0.1) is 5.92 Å². The number of carbonyl (C=O) groups is 1. The first-order chi connectivity index (χ1) is 8.79. The summed E-state index contributed by atoms with van der Waals surface area (Å²) in [6.07, 6.45) is 0. The first kappa shape index (κ1) is 11.2. The molecule has 2 aromatic rings. The third kappa shape index (κ3) is 1.87. The minimum Gasteiger partial charge on any atom is -0.280 e. The quantitative estimate of drug-likeness (QED) is 0.757. The minimum atomic E-state index is -0.298. The fourth-order valence-corrected chi connectivity index (χ4v) is 2.55. The zero-order valence-corrected chi connectivity index (χ0v) is 10.4. The second kappa shape index (κ2) is 4.43. The molecule has 0 saturated heterocycles. The van der Waals surface area contributed by atoms with Gasteiger partial charge < -0.3 is 0 Å². The predicted octanol–water partition coefficient (Wildman–Crippen LogP) is 3.99. The normalized spacial score (nSPS) is 14.7. The van der Waals surface area contributed by atoms with Crippen molar-refractivity contribution < 1.29 is 4.79 Å². The molecule has 0 bridgehead atoms. The second-order valence-electron chi connectivity index (χ2n) is 4.30. The Morgan fingerprint density at radius 1 is 0.778 bits per heavy atom. The fourth-order valence-electron chi connectivity index (χ4n) is 2.33. The van der Waals surface area contributed by atoms with E-state index >= 15 is 0 Å². The van der Waals surface area contributed by atoms with E-state index in [0.717, 1.165) is 22.3 Å². The molecule has 0 saturated carbocycles.